The van der Waals surface area contributed by atoms with Crippen LogP contribution in [0.2, 0.25) is 0 Å². The summed E-state index contributed by atoms with van der Waals surface area (Å²) in [5, 5.41) is 6.34. The van der Waals surface area contributed by atoms with Crippen molar-refractivity contribution < 1.29 is 9.53 Å². The van der Waals surface area contributed by atoms with E-state index < -0.39 is 0 Å². The summed E-state index contributed by atoms with van der Waals surface area (Å²) in [5.74, 6) is 0.636. The quantitative estimate of drug-likeness (QED) is 0.788. The second-order valence-corrected chi connectivity index (χ2v) is 8.05. The molecule has 5 heteroatoms. The molecule has 0 bridgehead atoms. The van der Waals surface area contributed by atoms with Crippen LogP contribution < -0.4 is 10.6 Å². The lowest BCUT2D eigenvalue weighted by Crippen LogP contribution is -2.68. The van der Waals surface area contributed by atoms with Crippen molar-refractivity contribution in [3.63, 3.8) is 0 Å². The van der Waals surface area contributed by atoms with Gasteiger partial charge in [0.2, 0.25) is 0 Å². The summed E-state index contributed by atoms with van der Waals surface area (Å²) in [5.41, 5.74) is 0.253. The molecule has 3 unspecified atom stereocenters. The van der Waals surface area contributed by atoms with Crippen LogP contribution in [-0.4, -0.2) is 55.4 Å². The van der Waals surface area contributed by atoms with Gasteiger partial charge in [0, 0.05) is 37.2 Å². The molecular weight excluding hydrogens is 290 g/mol. The third-order valence-electron chi connectivity index (χ3n) is 6.67. The normalized spacial score (nSPS) is 35.6. The third kappa shape index (κ3) is 2.98. The van der Waals surface area contributed by atoms with E-state index in [0.29, 0.717) is 18.1 Å². The molecule has 1 heterocycles. The molecule has 3 aliphatic carbocycles. The summed E-state index contributed by atoms with van der Waals surface area (Å²) in [6, 6.07) is 1.21. The number of likely N-dealkylation sites (tertiary alicyclic amines) is 1. The highest BCUT2D eigenvalue weighted by atomic mass is 16.5. The first-order valence-corrected chi connectivity index (χ1v) is 9.61. The van der Waals surface area contributed by atoms with Gasteiger partial charge in [-0.05, 0) is 57.9 Å². The lowest BCUT2D eigenvalue weighted by molar-refractivity contribution is -0.169. The molecule has 3 saturated carbocycles. The number of carbonyl (C=O) groups is 1. The Morgan fingerprint density at radius 1 is 1.30 bits per heavy atom. The molecule has 1 spiro atoms. The van der Waals surface area contributed by atoms with E-state index in [9.17, 15) is 4.79 Å². The number of carbonyl (C=O) groups excluding carboxylic acids is 1. The summed E-state index contributed by atoms with van der Waals surface area (Å²) in [4.78, 5) is 14.8. The van der Waals surface area contributed by atoms with Gasteiger partial charge in [-0.25, -0.2) is 4.79 Å². The molecule has 2 N–H and O–H groups in total. The molecule has 2 amide bonds. The lowest BCUT2D eigenvalue weighted by atomic mass is 9.51. The second-order valence-electron chi connectivity index (χ2n) is 8.05. The van der Waals surface area contributed by atoms with Gasteiger partial charge in [0.25, 0.3) is 0 Å². The van der Waals surface area contributed by atoms with E-state index in [-0.39, 0.29) is 11.4 Å². The minimum Gasteiger partial charge on any atom is -0.378 e. The van der Waals surface area contributed by atoms with Gasteiger partial charge in [-0.2, -0.15) is 0 Å². The minimum atomic E-state index is 0.0288. The number of ether oxygens (including phenoxy) is 1. The number of hydrogen-bond acceptors (Lipinski definition) is 3. The van der Waals surface area contributed by atoms with Crippen LogP contribution in [0.4, 0.5) is 4.79 Å². The molecule has 0 aromatic carbocycles. The van der Waals surface area contributed by atoms with Crippen LogP contribution in [0.15, 0.2) is 0 Å². The molecule has 0 aromatic rings. The zero-order valence-electron chi connectivity index (χ0n) is 14.4. The van der Waals surface area contributed by atoms with Crippen molar-refractivity contribution >= 4 is 6.03 Å². The fourth-order valence-corrected chi connectivity index (χ4v) is 4.89. The zero-order chi connectivity index (χ0) is 15.9. The lowest BCUT2D eigenvalue weighted by Gasteiger charge is -2.60. The molecule has 4 aliphatic rings. The number of nitrogens with one attached hydrogen (secondary N) is 2. The van der Waals surface area contributed by atoms with Gasteiger partial charge >= 0.3 is 6.03 Å². The molecule has 23 heavy (non-hydrogen) atoms. The summed E-state index contributed by atoms with van der Waals surface area (Å²) in [6.45, 7) is 6.06. The molecule has 1 saturated heterocycles. The van der Waals surface area contributed by atoms with Gasteiger partial charge in [-0.3, -0.25) is 0 Å². The fourth-order valence-electron chi connectivity index (χ4n) is 4.89. The number of urea groups is 1. The van der Waals surface area contributed by atoms with E-state index in [0.717, 1.165) is 25.6 Å². The van der Waals surface area contributed by atoms with Gasteiger partial charge in [0.1, 0.15) is 0 Å². The standard InChI is InChI=1S/C18H31N3O2/c1-2-23-16-10-15(18(16)7-3-8-18)20-17(22)19-11-13-6-9-21(12-13)14-4-5-14/h13-16H,2-12H2,1H3,(H2,19,20,22). The third-order valence-corrected chi connectivity index (χ3v) is 6.67. The first kappa shape index (κ1) is 15.7. The van der Waals surface area contributed by atoms with Gasteiger partial charge in [-0.1, -0.05) is 6.42 Å². The van der Waals surface area contributed by atoms with Crippen LogP contribution in [0.3, 0.4) is 0 Å². The molecule has 4 rings (SSSR count). The minimum absolute atomic E-state index is 0.0288. The van der Waals surface area contributed by atoms with Crippen molar-refractivity contribution in [1.82, 2.24) is 15.5 Å². The van der Waals surface area contributed by atoms with Gasteiger partial charge < -0.3 is 20.3 Å². The summed E-state index contributed by atoms with van der Waals surface area (Å²) < 4.78 is 5.85. The Balaban J connectivity index is 1.19. The van der Waals surface area contributed by atoms with Gasteiger partial charge in [-0.15, -0.1) is 0 Å². The van der Waals surface area contributed by atoms with Crippen LogP contribution >= 0.6 is 0 Å². The molecular formula is C18H31N3O2. The first-order chi connectivity index (χ1) is 11.2. The van der Waals surface area contributed by atoms with Crippen LogP contribution in [0, 0.1) is 11.3 Å². The molecule has 4 fully saturated rings. The molecule has 5 nitrogen and oxygen atoms in total. The predicted octanol–water partition coefficient (Wildman–Crippen LogP) is 2.12. The smallest absolute Gasteiger partial charge is 0.315 e. The highest BCUT2D eigenvalue weighted by Crippen LogP contribution is 2.57. The molecule has 1 aliphatic heterocycles. The van der Waals surface area contributed by atoms with Crippen LogP contribution in [0.25, 0.3) is 0 Å². The Morgan fingerprint density at radius 2 is 2.13 bits per heavy atom. The highest BCUT2D eigenvalue weighted by Gasteiger charge is 2.59. The summed E-state index contributed by atoms with van der Waals surface area (Å²) in [6.07, 6.45) is 9.05. The Kier molecular flexibility index (Phi) is 4.26. The SMILES string of the molecule is CCOC1CC(NC(=O)NCC2CCN(C3CC3)C2)C12CCC2. The Bertz CT molecular complexity index is 448. The van der Waals surface area contributed by atoms with Crippen molar-refractivity contribution in [1.29, 1.82) is 0 Å². The van der Waals surface area contributed by atoms with E-state index >= 15 is 0 Å². The highest BCUT2D eigenvalue weighted by molar-refractivity contribution is 5.74. The maximum atomic E-state index is 12.2. The van der Waals surface area contributed by atoms with Crippen LogP contribution in [0.1, 0.15) is 51.9 Å². The van der Waals surface area contributed by atoms with Gasteiger partial charge in [0.15, 0.2) is 0 Å². The van der Waals surface area contributed by atoms with Crippen molar-refractivity contribution in [2.24, 2.45) is 11.3 Å². The molecule has 0 radical (unpaired) electrons. The maximum Gasteiger partial charge on any atom is 0.315 e. The summed E-state index contributed by atoms with van der Waals surface area (Å²) in [7, 11) is 0. The number of nitrogens with zero attached hydrogens (tertiary/aromatic N) is 1. The Labute approximate surface area is 139 Å². The first-order valence-electron chi connectivity index (χ1n) is 9.61. The second kappa shape index (κ2) is 6.25. The van der Waals surface area contributed by atoms with E-state index in [1.165, 1.54) is 51.6 Å². The Hall–Kier alpha value is -0.810. The van der Waals surface area contributed by atoms with E-state index in [2.05, 4.69) is 22.5 Å². The molecule has 130 valence electrons. The van der Waals surface area contributed by atoms with Crippen LogP contribution in [0.5, 0.6) is 0 Å². The van der Waals surface area contributed by atoms with E-state index in [4.69, 9.17) is 4.74 Å². The number of rotatable bonds is 6. The van der Waals surface area contributed by atoms with E-state index in [1.54, 1.807) is 0 Å². The van der Waals surface area contributed by atoms with Crippen LogP contribution in [-0.2, 0) is 4.74 Å². The van der Waals surface area contributed by atoms with Crippen molar-refractivity contribution in [2.75, 3.05) is 26.2 Å². The largest absolute Gasteiger partial charge is 0.378 e. The van der Waals surface area contributed by atoms with Gasteiger partial charge in [0.05, 0.1) is 6.10 Å². The van der Waals surface area contributed by atoms with Crippen molar-refractivity contribution in [3.8, 4) is 0 Å². The Morgan fingerprint density at radius 3 is 2.78 bits per heavy atom. The molecule has 3 atom stereocenters. The monoisotopic (exact) mass is 321 g/mol. The number of amides is 2. The summed E-state index contributed by atoms with van der Waals surface area (Å²) >= 11 is 0. The van der Waals surface area contributed by atoms with Crippen molar-refractivity contribution in [3.05, 3.63) is 0 Å². The fraction of sp³-hybridized carbons (Fsp3) is 0.944. The topological polar surface area (TPSA) is 53.6 Å². The average molecular weight is 321 g/mol. The average Bonchev–Trinajstić information content (AvgIpc) is 3.21. The zero-order valence-corrected chi connectivity index (χ0v) is 14.4. The van der Waals surface area contributed by atoms with E-state index in [1.807, 2.05) is 0 Å². The molecule has 0 aromatic heterocycles. The maximum absolute atomic E-state index is 12.2. The number of hydrogen-bond donors (Lipinski definition) is 2. The predicted molar refractivity (Wildman–Crippen MR) is 89.3 cm³/mol. The van der Waals surface area contributed by atoms with Crippen molar-refractivity contribution in [2.45, 2.75) is 70.1 Å².